The highest BCUT2D eigenvalue weighted by molar-refractivity contribution is 5.95. The number of nitrogens with one attached hydrogen (secondary N) is 1. The van der Waals surface area contributed by atoms with Crippen molar-refractivity contribution in [3.05, 3.63) is 35.7 Å². The van der Waals surface area contributed by atoms with Gasteiger partial charge in [0.2, 0.25) is 0 Å². The number of hydrogen-bond acceptors (Lipinski definition) is 4. The van der Waals surface area contributed by atoms with Gasteiger partial charge in [-0.05, 0) is 50.7 Å². The van der Waals surface area contributed by atoms with Crippen LogP contribution >= 0.6 is 0 Å². The zero-order chi connectivity index (χ0) is 17.1. The third-order valence-electron chi connectivity index (χ3n) is 4.91. The van der Waals surface area contributed by atoms with Crippen molar-refractivity contribution < 1.29 is 9.90 Å². The summed E-state index contributed by atoms with van der Waals surface area (Å²) in [4.78, 5) is 19.0. The third-order valence-corrected chi connectivity index (χ3v) is 4.91. The van der Waals surface area contributed by atoms with Crippen molar-refractivity contribution >= 4 is 5.91 Å². The molecule has 1 aliphatic rings. The lowest BCUT2D eigenvalue weighted by molar-refractivity contribution is 0.0653. The van der Waals surface area contributed by atoms with Crippen LogP contribution in [-0.2, 0) is 0 Å². The number of nitrogens with zero attached hydrogens (tertiary/aromatic N) is 3. The van der Waals surface area contributed by atoms with Crippen LogP contribution in [0, 0.1) is 12.8 Å². The summed E-state index contributed by atoms with van der Waals surface area (Å²) in [6.45, 7) is 2.10. The highest BCUT2D eigenvalue weighted by atomic mass is 16.3. The van der Waals surface area contributed by atoms with E-state index in [-0.39, 0.29) is 18.6 Å². The molecule has 6 nitrogen and oxygen atoms in total. The minimum atomic E-state index is 0.0246. The van der Waals surface area contributed by atoms with Crippen molar-refractivity contribution in [2.75, 3.05) is 13.7 Å². The van der Waals surface area contributed by atoms with Gasteiger partial charge in [0.25, 0.3) is 5.91 Å². The molecule has 1 fully saturated rings. The quantitative estimate of drug-likeness (QED) is 0.903. The second kappa shape index (κ2) is 7.13. The van der Waals surface area contributed by atoms with E-state index in [4.69, 9.17) is 0 Å². The number of H-pyrrole nitrogens is 1. The molecule has 6 heteroatoms. The predicted octanol–water partition coefficient (Wildman–Crippen LogP) is 2.40. The number of amides is 1. The summed E-state index contributed by atoms with van der Waals surface area (Å²) in [6.07, 6.45) is 3.87. The molecular formula is C18H24N4O2. The van der Waals surface area contributed by atoms with E-state index < -0.39 is 0 Å². The molecule has 0 bridgehead atoms. The van der Waals surface area contributed by atoms with Crippen molar-refractivity contribution in [1.29, 1.82) is 0 Å². The van der Waals surface area contributed by atoms with Crippen LogP contribution in [-0.4, -0.2) is 50.8 Å². The first-order chi connectivity index (χ1) is 11.6. The van der Waals surface area contributed by atoms with E-state index in [1.807, 2.05) is 43.1 Å². The van der Waals surface area contributed by atoms with Crippen LogP contribution in [0.3, 0.4) is 0 Å². The van der Waals surface area contributed by atoms with Crippen LogP contribution in [0.5, 0.6) is 0 Å². The molecule has 2 aromatic rings. The van der Waals surface area contributed by atoms with Crippen LogP contribution in [0.25, 0.3) is 11.4 Å². The topological polar surface area (TPSA) is 82.1 Å². The van der Waals surface area contributed by atoms with Crippen LogP contribution < -0.4 is 0 Å². The molecule has 0 unspecified atom stereocenters. The molecule has 0 aliphatic heterocycles. The molecule has 0 saturated heterocycles. The van der Waals surface area contributed by atoms with E-state index in [2.05, 4.69) is 15.2 Å². The monoisotopic (exact) mass is 328 g/mol. The number of rotatable bonds is 4. The van der Waals surface area contributed by atoms with Gasteiger partial charge in [0.05, 0.1) is 0 Å². The number of aromatic nitrogens is 3. The zero-order valence-corrected chi connectivity index (χ0v) is 14.2. The van der Waals surface area contributed by atoms with Crippen molar-refractivity contribution in [1.82, 2.24) is 20.1 Å². The number of benzene rings is 1. The van der Waals surface area contributed by atoms with Gasteiger partial charge in [-0.1, -0.05) is 12.1 Å². The Bertz CT molecular complexity index is 705. The van der Waals surface area contributed by atoms with Gasteiger partial charge in [0.15, 0.2) is 5.82 Å². The first kappa shape index (κ1) is 16.6. The number of aromatic amines is 1. The van der Waals surface area contributed by atoms with Crippen LogP contribution in [0.2, 0.25) is 0 Å². The molecule has 0 spiro atoms. The Balaban J connectivity index is 1.73. The van der Waals surface area contributed by atoms with Gasteiger partial charge in [0, 0.05) is 30.8 Å². The van der Waals surface area contributed by atoms with Crippen LogP contribution in [0.1, 0.15) is 41.9 Å². The molecule has 1 amide bonds. The van der Waals surface area contributed by atoms with Gasteiger partial charge in [0.1, 0.15) is 5.82 Å². The van der Waals surface area contributed by atoms with Crippen molar-refractivity contribution in [2.24, 2.45) is 5.92 Å². The summed E-state index contributed by atoms with van der Waals surface area (Å²) in [7, 11) is 1.87. The average molecular weight is 328 g/mol. The molecule has 0 radical (unpaired) electrons. The maximum atomic E-state index is 12.8. The Morgan fingerprint density at radius 3 is 2.71 bits per heavy atom. The predicted molar refractivity (Wildman–Crippen MR) is 91.5 cm³/mol. The van der Waals surface area contributed by atoms with Gasteiger partial charge in [-0.2, -0.15) is 5.10 Å². The Hall–Kier alpha value is -2.21. The Labute approximate surface area is 141 Å². The van der Waals surface area contributed by atoms with Crippen molar-refractivity contribution in [3.8, 4) is 11.4 Å². The molecule has 1 saturated carbocycles. The molecule has 1 heterocycles. The second-order valence-corrected chi connectivity index (χ2v) is 6.60. The van der Waals surface area contributed by atoms with Gasteiger partial charge >= 0.3 is 0 Å². The lowest BCUT2D eigenvalue weighted by Gasteiger charge is -2.34. The minimum Gasteiger partial charge on any atom is -0.396 e. The molecular weight excluding hydrogens is 304 g/mol. The lowest BCUT2D eigenvalue weighted by atomic mass is 9.86. The highest BCUT2D eigenvalue weighted by Crippen LogP contribution is 2.27. The van der Waals surface area contributed by atoms with Gasteiger partial charge in [-0.3, -0.25) is 9.89 Å². The largest absolute Gasteiger partial charge is 0.396 e. The molecule has 1 aliphatic carbocycles. The standard InChI is InChI=1S/C18H24N4O2/c1-12-19-17(21-20-12)14-4-3-5-15(10-14)18(24)22(2)16-8-6-13(11-23)7-9-16/h3-5,10,13,16,23H,6-9,11H2,1-2H3,(H,19,20,21). The fourth-order valence-electron chi connectivity index (χ4n) is 3.35. The number of aliphatic hydroxyl groups excluding tert-OH is 1. The van der Waals surface area contributed by atoms with Crippen LogP contribution in [0.15, 0.2) is 24.3 Å². The smallest absolute Gasteiger partial charge is 0.253 e. The number of hydrogen-bond donors (Lipinski definition) is 2. The van der Waals surface area contributed by atoms with Crippen molar-refractivity contribution in [3.63, 3.8) is 0 Å². The molecule has 2 N–H and O–H groups in total. The second-order valence-electron chi connectivity index (χ2n) is 6.60. The van der Waals surface area contributed by atoms with E-state index in [1.54, 1.807) is 0 Å². The summed E-state index contributed by atoms with van der Waals surface area (Å²) in [5.41, 5.74) is 1.49. The van der Waals surface area contributed by atoms with Gasteiger partial charge < -0.3 is 10.0 Å². The maximum Gasteiger partial charge on any atom is 0.253 e. The number of aliphatic hydroxyl groups is 1. The number of carbonyl (C=O) groups excluding carboxylic acids is 1. The third kappa shape index (κ3) is 3.48. The minimum absolute atomic E-state index is 0.0246. The summed E-state index contributed by atoms with van der Waals surface area (Å²) < 4.78 is 0. The fraction of sp³-hybridized carbons (Fsp3) is 0.500. The summed E-state index contributed by atoms with van der Waals surface area (Å²) >= 11 is 0. The Morgan fingerprint density at radius 2 is 2.08 bits per heavy atom. The maximum absolute atomic E-state index is 12.8. The zero-order valence-electron chi connectivity index (χ0n) is 14.2. The van der Waals surface area contributed by atoms with Crippen LogP contribution in [0.4, 0.5) is 0 Å². The average Bonchev–Trinajstić information content (AvgIpc) is 3.07. The fourth-order valence-corrected chi connectivity index (χ4v) is 3.35. The van der Waals surface area contributed by atoms with Gasteiger partial charge in [-0.15, -0.1) is 0 Å². The summed E-state index contributed by atoms with van der Waals surface area (Å²) in [5.74, 6) is 1.77. The number of aryl methyl sites for hydroxylation is 1. The van der Waals surface area contributed by atoms with E-state index in [0.29, 0.717) is 17.3 Å². The van der Waals surface area contributed by atoms with Gasteiger partial charge in [-0.25, -0.2) is 4.98 Å². The molecule has 3 rings (SSSR count). The molecule has 128 valence electrons. The lowest BCUT2D eigenvalue weighted by Crippen LogP contribution is -2.39. The Kier molecular flexibility index (Phi) is 4.94. The normalized spacial score (nSPS) is 20.8. The summed E-state index contributed by atoms with van der Waals surface area (Å²) in [5, 5.41) is 16.2. The van der Waals surface area contributed by atoms with E-state index >= 15 is 0 Å². The van der Waals surface area contributed by atoms with E-state index in [0.717, 1.165) is 37.1 Å². The van der Waals surface area contributed by atoms with E-state index in [1.165, 1.54) is 0 Å². The molecule has 24 heavy (non-hydrogen) atoms. The first-order valence-corrected chi connectivity index (χ1v) is 8.46. The molecule has 1 aromatic carbocycles. The number of carbonyl (C=O) groups is 1. The summed E-state index contributed by atoms with van der Waals surface area (Å²) in [6, 6.07) is 7.70. The molecule has 0 atom stereocenters. The molecule has 1 aromatic heterocycles. The Morgan fingerprint density at radius 1 is 1.33 bits per heavy atom. The SMILES string of the molecule is Cc1nc(-c2cccc(C(=O)N(C)C3CCC(CO)CC3)c2)n[nH]1. The van der Waals surface area contributed by atoms with E-state index in [9.17, 15) is 9.90 Å². The van der Waals surface area contributed by atoms with Crippen molar-refractivity contribution in [2.45, 2.75) is 38.6 Å². The highest BCUT2D eigenvalue weighted by Gasteiger charge is 2.26. The first-order valence-electron chi connectivity index (χ1n) is 8.46.